The van der Waals surface area contributed by atoms with Crippen LogP contribution in [0.15, 0.2) is 70.4 Å². The average Bonchev–Trinajstić information content (AvgIpc) is 3.85. The second kappa shape index (κ2) is 12.6. The first-order valence-corrected chi connectivity index (χ1v) is 16.7. The molecule has 0 aliphatic heterocycles. The van der Waals surface area contributed by atoms with Crippen molar-refractivity contribution in [3.63, 3.8) is 0 Å². The van der Waals surface area contributed by atoms with Gasteiger partial charge in [-0.3, -0.25) is 24.0 Å². The second-order valence-corrected chi connectivity index (χ2v) is 14.8. The minimum Gasteiger partial charge on any atom is -0.298 e. The van der Waals surface area contributed by atoms with Crippen LogP contribution in [0.4, 0.5) is 4.39 Å². The number of carbonyl (C=O) groups is 1. The van der Waals surface area contributed by atoms with Gasteiger partial charge in [-0.1, -0.05) is 36.4 Å². The van der Waals surface area contributed by atoms with Crippen LogP contribution in [0, 0.1) is 11.7 Å². The van der Waals surface area contributed by atoms with Crippen LogP contribution in [-0.4, -0.2) is 61.9 Å². The molecule has 0 unspecified atom stereocenters. The van der Waals surface area contributed by atoms with E-state index in [0.717, 1.165) is 49.6 Å². The summed E-state index contributed by atoms with van der Waals surface area (Å²) in [6.45, 7) is 7.39. The van der Waals surface area contributed by atoms with Gasteiger partial charge >= 0.3 is 5.69 Å². The SMILES string of the molecule is CN(Cc1ccc(-c2cccc(-n3c(=O)n(C4CCC(CC(=O)C5(N(C)C)CC5)CC4)c(=O)c4cc(F)cnc43)c2)cc1)C(C)(C)C. The van der Waals surface area contributed by atoms with Gasteiger partial charge in [0, 0.05) is 24.5 Å². The predicted octanol–water partition coefficient (Wildman–Crippen LogP) is 6.37. The van der Waals surface area contributed by atoms with Crippen LogP contribution < -0.4 is 11.2 Å². The first kappa shape index (κ1) is 33.0. The molecule has 6 rings (SSSR count). The van der Waals surface area contributed by atoms with Gasteiger partial charge in [0.05, 0.1) is 22.8 Å². The molecular weight excluding hydrogens is 593 g/mol. The quantitative estimate of drug-likeness (QED) is 0.212. The summed E-state index contributed by atoms with van der Waals surface area (Å²) in [5, 5.41) is 0.0706. The number of likely N-dealkylation sites (N-methyl/N-ethyl adjacent to an activating group) is 1. The maximum atomic E-state index is 14.5. The van der Waals surface area contributed by atoms with Crippen LogP contribution in [0.2, 0.25) is 0 Å². The van der Waals surface area contributed by atoms with Gasteiger partial charge in [0.1, 0.15) is 5.82 Å². The Bertz CT molecular complexity index is 1910. The molecule has 0 N–H and O–H groups in total. The standard InChI is InChI=1S/C38H46FN5O3/c1-37(2,3)42(6)24-26-10-14-27(15-11-26)28-8-7-9-31(21-28)43-34-32(22-29(39)23-40-34)35(46)44(36(43)47)30-16-12-25(13-17-30)20-33(45)38(18-19-38)41(4)5/h7-11,14-15,21-23,25,30H,12-13,16-20,24H2,1-6H3. The summed E-state index contributed by atoms with van der Waals surface area (Å²) in [6, 6.07) is 16.8. The summed E-state index contributed by atoms with van der Waals surface area (Å²) in [5.74, 6) is -0.107. The van der Waals surface area contributed by atoms with Gasteiger partial charge in [-0.2, -0.15) is 0 Å². The molecule has 2 aliphatic rings. The highest BCUT2D eigenvalue weighted by molar-refractivity contribution is 5.91. The number of fused-ring (bicyclic) bond motifs is 1. The van der Waals surface area contributed by atoms with Gasteiger partial charge < -0.3 is 0 Å². The lowest BCUT2D eigenvalue weighted by Gasteiger charge is -2.32. The van der Waals surface area contributed by atoms with E-state index in [1.54, 1.807) is 0 Å². The highest BCUT2D eigenvalue weighted by Gasteiger charge is 2.51. The summed E-state index contributed by atoms with van der Waals surface area (Å²) in [6.07, 6.45) is 6.10. The van der Waals surface area contributed by atoms with Crippen LogP contribution in [0.25, 0.3) is 27.8 Å². The molecule has 2 aliphatic carbocycles. The molecule has 0 spiro atoms. The zero-order chi connectivity index (χ0) is 33.7. The summed E-state index contributed by atoms with van der Waals surface area (Å²) in [7, 11) is 6.05. The van der Waals surface area contributed by atoms with Crippen molar-refractivity contribution in [2.45, 2.75) is 89.4 Å². The molecule has 2 saturated carbocycles. The lowest BCUT2D eigenvalue weighted by Crippen LogP contribution is -2.43. The van der Waals surface area contributed by atoms with Crippen LogP contribution in [0.1, 0.15) is 77.3 Å². The lowest BCUT2D eigenvalue weighted by atomic mass is 9.81. The fourth-order valence-electron chi connectivity index (χ4n) is 7.03. The van der Waals surface area contributed by atoms with Crippen molar-refractivity contribution in [3.05, 3.63) is 93.0 Å². The molecular formula is C38H46FN5O3. The number of hydrogen-bond acceptors (Lipinski definition) is 6. The Hall–Kier alpha value is -3.95. The molecule has 2 aromatic heterocycles. The first-order chi connectivity index (χ1) is 22.3. The van der Waals surface area contributed by atoms with E-state index in [1.807, 2.05) is 43.3 Å². The number of pyridine rings is 1. The minimum atomic E-state index is -0.630. The van der Waals surface area contributed by atoms with E-state index < -0.39 is 17.1 Å². The van der Waals surface area contributed by atoms with Crippen molar-refractivity contribution < 1.29 is 9.18 Å². The molecule has 2 heterocycles. The normalized spacial score (nSPS) is 19.4. The molecule has 47 heavy (non-hydrogen) atoms. The van der Waals surface area contributed by atoms with E-state index in [4.69, 9.17) is 0 Å². The summed E-state index contributed by atoms with van der Waals surface area (Å²) >= 11 is 0. The van der Waals surface area contributed by atoms with Crippen molar-refractivity contribution in [2.75, 3.05) is 21.1 Å². The van der Waals surface area contributed by atoms with Crippen molar-refractivity contribution in [2.24, 2.45) is 5.92 Å². The van der Waals surface area contributed by atoms with Crippen molar-refractivity contribution in [1.82, 2.24) is 23.9 Å². The Kier molecular flexibility index (Phi) is 8.82. The summed E-state index contributed by atoms with van der Waals surface area (Å²) in [5.41, 5.74) is 2.53. The highest BCUT2D eigenvalue weighted by atomic mass is 19.1. The van der Waals surface area contributed by atoms with Gasteiger partial charge in [-0.25, -0.2) is 18.7 Å². The van der Waals surface area contributed by atoms with E-state index in [0.29, 0.717) is 30.7 Å². The number of ketones is 1. The van der Waals surface area contributed by atoms with Crippen LogP contribution in [0.5, 0.6) is 0 Å². The third-order valence-corrected chi connectivity index (χ3v) is 10.6. The number of carbonyl (C=O) groups excluding carboxylic acids is 1. The van der Waals surface area contributed by atoms with Crippen LogP contribution in [0.3, 0.4) is 0 Å². The zero-order valence-corrected chi connectivity index (χ0v) is 28.4. The van der Waals surface area contributed by atoms with Crippen LogP contribution in [-0.2, 0) is 11.3 Å². The van der Waals surface area contributed by atoms with Crippen molar-refractivity contribution in [3.8, 4) is 16.8 Å². The molecule has 8 nitrogen and oxygen atoms in total. The number of aromatic nitrogens is 3. The zero-order valence-electron chi connectivity index (χ0n) is 28.4. The minimum absolute atomic E-state index is 0.0558. The number of benzene rings is 2. The Morgan fingerprint density at radius 1 is 0.957 bits per heavy atom. The first-order valence-electron chi connectivity index (χ1n) is 16.7. The molecule has 0 saturated heterocycles. The maximum Gasteiger partial charge on any atom is 0.337 e. The van der Waals surface area contributed by atoms with E-state index in [-0.39, 0.29) is 34.1 Å². The molecule has 0 radical (unpaired) electrons. The third-order valence-electron chi connectivity index (χ3n) is 10.6. The Morgan fingerprint density at radius 3 is 2.26 bits per heavy atom. The second-order valence-electron chi connectivity index (χ2n) is 14.8. The molecule has 0 atom stereocenters. The molecule has 0 amide bonds. The third kappa shape index (κ3) is 6.48. The number of Topliss-reactive ketones (excluding diaryl/α,β-unsaturated/α-hetero) is 1. The van der Waals surface area contributed by atoms with Gasteiger partial charge in [0.15, 0.2) is 11.4 Å². The van der Waals surface area contributed by atoms with Gasteiger partial charge in [-0.05, 0) is 121 Å². The van der Waals surface area contributed by atoms with Crippen molar-refractivity contribution >= 4 is 16.8 Å². The fraction of sp³-hybridized carbons (Fsp3) is 0.474. The van der Waals surface area contributed by atoms with Gasteiger partial charge in [-0.15, -0.1) is 0 Å². The van der Waals surface area contributed by atoms with E-state index in [9.17, 15) is 18.8 Å². The fourth-order valence-corrected chi connectivity index (χ4v) is 7.03. The molecule has 2 fully saturated rings. The number of hydrogen-bond donors (Lipinski definition) is 0. The molecule has 248 valence electrons. The molecule has 4 aromatic rings. The Morgan fingerprint density at radius 2 is 1.64 bits per heavy atom. The number of nitrogens with zero attached hydrogens (tertiary/aromatic N) is 5. The number of halogens is 1. The summed E-state index contributed by atoms with van der Waals surface area (Å²) in [4.78, 5) is 49.8. The van der Waals surface area contributed by atoms with Crippen molar-refractivity contribution in [1.29, 1.82) is 0 Å². The molecule has 2 aromatic carbocycles. The van der Waals surface area contributed by atoms with Gasteiger partial charge in [0.2, 0.25) is 0 Å². The van der Waals surface area contributed by atoms with Crippen LogP contribution >= 0.6 is 0 Å². The predicted molar refractivity (Wildman–Crippen MR) is 184 cm³/mol. The molecule has 9 heteroatoms. The van der Waals surface area contributed by atoms with E-state index in [1.165, 1.54) is 20.8 Å². The van der Waals surface area contributed by atoms with E-state index in [2.05, 4.69) is 62.0 Å². The smallest absolute Gasteiger partial charge is 0.298 e. The lowest BCUT2D eigenvalue weighted by molar-refractivity contribution is -0.126. The maximum absolute atomic E-state index is 14.5. The highest BCUT2D eigenvalue weighted by Crippen LogP contribution is 2.44. The number of rotatable bonds is 9. The largest absolute Gasteiger partial charge is 0.337 e. The monoisotopic (exact) mass is 639 g/mol. The Balaban J connectivity index is 1.31. The van der Waals surface area contributed by atoms with E-state index >= 15 is 0 Å². The summed E-state index contributed by atoms with van der Waals surface area (Å²) < 4.78 is 17.2. The average molecular weight is 640 g/mol. The topological polar surface area (TPSA) is 80.4 Å². The molecule has 0 bridgehead atoms. The Labute approximate surface area is 275 Å². The van der Waals surface area contributed by atoms with Gasteiger partial charge in [0.25, 0.3) is 5.56 Å².